The van der Waals surface area contributed by atoms with Gasteiger partial charge in [-0.25, -0.2) is 4.42 Å². The first kappa shape index (κ1) is 19.4. The topological polar surface area (TPSA) is 20.5 Å². The maximum absolute atomic E-state index is 6.31. The van der Waals surface area contributed by atoms with E-state index in [1.54, 1.807) is 7.11 Å². The van der Waals surface area contributed by atoms with Crippen molar-refractivity contribution in [2.75, 3.05) is 7.11 Å². The van der Waals surface area contributed by atoms with E-state index in [1.807, 2.05) is 12.1 Å². The van der Waals surface area contributed by atoms with Gasteiger partial charge in [0.2, 0.25) is 0 Å². The van der Waals surface area contributed by atoms with Crippen molar-refractivity contribution >= 4 is 45.2 Å². The number of ether oxygens (including phenoxy) is 1. The highest BCUT2D eigenvalue weighted by atomic mass is 127. The van der Waals surface area contributed by atoms with Crippen LogP contribution in [0.4, 0.5) is 0 Å². The molecule has 4 aromatic rings. The van der Waals surface area contributed by atoms with Gasteiger partial charge in [0.1, 0.15) is 5.75 Å². The van der Waals surface area contributed by atoms with Crippen LogP contribution in [-0.4, -0.2) is 7.11 Å². The minimum absolute atomic E-state index is 0.846. The number of hydrogen-bond donors (Lipinski definition) is 0. The third-order valence-corrected chi connectivity index (χ3v) is 5.91. The van der Waals surface area contributed by atoms with Crippen LogP contribution in [0.3, 0.4) is 0 Å². The van der Waals surface area contributed by atoms with Gasteiger partial charge in [0.25, 0.3) is 0 Å². The normalized spacial score (nSPS) is 10.7. The van der Waals surface area contributed by atoms with E-state index in [0.29, 0.717) is 0 Å². The molecule has 138 valence electrons. The lowest BCUT2D eigenvalue weighted by Gasteiger charge is -2.04. The van der Waals surface area contributed by atoms with E-state index in [2.05, 4.69) is 118 Å². The molecular formula is C24H17I2O2+. The molecule has 0 spiro atoms. The molecule has 3 aromatic carbocycles. The van der Waals surface area contributed by atoms with E-state index in [0.717, 1.165) is 39.5 Å². The second-order valence-corrected chi connectivity index (χ2v) is 8.81. The fourth-order valence-electron chi connectivity index (χ4n) is 2.96. The summed E-state index contributed by atoms with van der Waals surface area (Å²) in [6.45, 7) is 0. The van der Waals surface area contributed by atoms with Crippen LogP contribution in [0, 0.1) is 7.14 Å². The minimum Gasteiger partial charge on any atom is -0.497 e. The molecule has 0 aliphatic heterocycles. The first-order chi connectivity index (χ1) is 13.6. The third kappa shape index (κ3) is 4.38. The molecule has 0 saturated carbocycles. The van der Waals surface area contributed by atoms with E-state index >= 15 is 0 Å². The molecule has 0 aliphatic rings. The van der Waals surface area contributed by atoms with Gasteiger partial charge in [0.15, 0.2) is 0 Å². The number of methoxy groups -OCH3 is 1. The molecule has 4 heteroatoms. The fourth-order valence-corrected chi connectivity index (χ4v) is 3.68. The van der Waals surface area contributed by atoms with Crippen LogP contribution < -0.4 is 4.74 Å². The zero-order chi connectivity index (χ0) is 19.5. The van der Waals surface area contributed by atoms with Crippen molar-refractivity contribution in [2.24, 2.45) is 0 Å². The molecule has 0 fully saturated rings. The maximum atomic E-state index is 6.31. The Kier molecular flexibility index (Phi) is 5.96. The van der Waals surface area contributed by atoms with E-state index < -0.39 is 0 Å². The molecular weight excluding hydrogens is 574 g/mol. The van der Waals surface area contributed by atoms with Crippen molar-refractivity contribution in [1.29, 1.82) is 0 Å². The molecule has 1 heterocycles. The predicted octanol–water partition coefficient (Wildman–Crippen LogP) is 7.78. The van der Waals surface area contributed by atoms with Crippen LogP contribution in [-0.2, 0) is 0 Å². The van der Waals surface area contributed by atoms with Crippen LogP contribution in [0.25, 0.3) is 33.8 Å². The molecule has 0 amide bonds. The Balaban J connectivity index is 1.86. The van der Waals surface area contributed by atoms with Gasteiger partial charge in [-0.05, 0) is 111 Å². The summed E-state index contributed by atoms with van der Waals surface area (Å²) in [5.41, 5.74) is 4.34. The van der Waals surface area contributed by atoms with Gasteiger partial charge in [-0.15, -0.1) is 0 Å². The van der Waals surface area contributed by atoms with E-state index in [1.165, 1.54) is 7.14 Å². The molecule has 28 heavy (non-hydrogen) atoms. The molecule has 0 aliphatic carbocycles. The van der Waals surface area contributed by atoms with Crippen molar-refractivity contribution in [3.8, 4) is 39.5 Å². The first-order valence-electron chi connectivity index (χ1n) is 8.77. The molecule has 2 nitrogen and oxygen atoms in total. The average molecular weight is 591 g/mol. The second-order valence-electron chi connectivity index (χ2n) is 6.32. The predicted molar refractivity (Wildman–Crippen MR) is 131 cm³/mol. The lowest BCUT2D eigenvalue weighted by Crippen LogP contribution is -1.87. The average Bonchev–Trinajstić information content (AvgIpc) is 2.74. The minimum atomic E-state index is 0.846. The van der Waals surface area contributed by atoms with Gasteiger partial charge >= 0.3 is 11.5 Å². The summed E-state index contributed by atoms with van der Waals surface area (Å²) in [5, 5.41) is 0. The van der Waals surface area contributed by atoms with Gasteiger partial charge in [0.05, 0.1) is 30.4 Å². The van der Waals surface area contributed by atoms with Crippen molar-refractivity contribution in [3.63, 3.8) is 0 Å². The van der Waals surface area contributed by atoms with Gasteiger partial charge in [-0.3, -0.25) is 0 Å². The summed E-state index contributed by atoms with van der Waals surface area (Å²) in [4.78, 5) is 0. The summed E-state index contributed by atoms with van der Waals surface area (Å²) >= 11 is 4.63. The molecule has 0 bridgehead atoms. The number of rotatable bonds is 4. The van der Waals surface area contributed by atoms with Crippen molar-refractivity contribution in [2.45, 2.75) is 0 Å². The van der Waals surface area contributed by atoms with Gasteiger partial charge in [-0.1, -0.05) is 12.1 Å². The van der Waals surface area contributed by atoms with E-state index in [4.69, 9.17) is 9.15 Å². The second kappa shape index (κ2) is 8.61. The highest BCUT2D eigenvalue weighted by molar-refractivity contribution is 14.1. The van der Waals surface area contributed by atoms with Crippen LogP contribution in [0.2, 0.25) is 0 Å². The maximum Gasteiger partial charge on any atom is 0.361 e. The van der Waals surface area contributed by atoms with E-state index in [9.17, 15) is 0 Å². The zero-order valence-corrected chi connectivity index (χ0v) is 19.5. The van der Waals surface area contributed by atoms with Crippen molar-refractivity contribution in [3.05, 3.63) is 92.1 Å². The molecule has 1 aromatic heterocycles. The SMILES string of the molecule is COc1ccc(-c2cc(-c3ccc(I)cc3)[o+]c(-c3ccc(I)cc3)c2)cc1. The number of halogens is 2. The quantitative estimate of drug-likeness (QED) is 0.179. The highest BCUT2D eigenvalue weighted by Gasteiger charge is 2.20. The Labute approximate surface area is 191 Å². The van der Waals surface area contributed by atoms with Crippen LogP contribution in [0.15, 0.2) is 89.3 Å². The largest absolute Gasteiger partial charge is 0.497 e. The third-order valence-electron chi connectivity index (χ3n) is 4.47. The van der Waals surface area contributed by atoms with Gasteiger partial charge in [-0.2, -0.15) is 0 Å². The Bertz CT molecular complexity index is 1020. The summed E-state index contributed by atoms with van der Waals surface area (Å²) < 4.78 is 14.0. The lowest BCUT2D eigenvalue weighted by molar-refractivity contribution is 0.415. The van der Waals surface area contributed by atoms with Crippen LogP contribution >= 0.6 is 45.2 Å². The first-order valence-corrected chi connectivity index (χ1v) is 10.9. The smallest absolute Gasteiger partial charge is 0.361 e. The number of hydrogen-bond acceptors (Lipinski definition) is 1. The highest BCUT2D eigenvalue weighted by Crippen LogP contribution is 2.34. The summed E-state index contributed by atoms with van der Waals surface area (Å²) in [7, 11) is 1.68. The Hall–Kier alpha value is -1.93. The molecule has 0 radical (unpaired) electrons. The van der Waals surface area contributed by atoms with Crippen LogP contribution in [0.1, 0.15) is 0 Å². The van der Waals surface area contributed by atoms with Crippen molar-refractivity contribution < 1.29 is 9.15 Å². The standard InChI is InChI=1S/C24H17I2O2/c1-27-22-12-6-16(7-13-22)19-14-23(17-2-8-20(25)9-3-17)28-24(15-19)18-4-10-21(26)11-5-18/h2-15H,1H3/q+1. The molecule has 0 N–H and O–H groups in total. The summed E-state index contributed by atoms with van der Waals surface area (Å²) in [6, 6.07) is 29.0. The number of benzene rings is 3. The Morgan fingerprint density at radius 3 is 1.43 bits per heavy atom. The molecule has 4 rings (SSSR count). The lowest BCUT2D eigenvalue weighted by atomic mass is 10.0. The van der Waals surface area contributed by atoms with Gasteiger partial charge in [0, 0.05) is 12.7 Å². The summed E-state index contributed by atoms with van der Waals surface area (Å²) in [5.74, 6) is 2.54. The molecule has 0 atom stereocenters. The monoisotopic (exact) mass is 591 g/mol. The zero-order valence-electron chi connectivity index (χ0n) is 15.2. The molecule has 0 unspecified atom stereocenters. The Morgan fingerprint density at radius 1 is 0.571 bits per heavy atom. The fraction of sp³-hybridized carbons (Fsp3) is 0.0417. The van der Waals surface area contributed by atoms with Crippen LogP contribution in [0.5, 0.6) is 5.75 Å². The van der Waals surface area contributed by atoms with E-state index in [-0.39, 0.29) is 0 Å². The Morgan fingerprint density at radius 2 is 1.00 bits per heavy atom. The molecule has 0 saturated heterocycles. The summed E-state index contributed by atoms with van der Waals surface area (Å²) in [6.07, 6.45) is 0. The van der Waals surface area contributed by atoms with Gasteiger partial charge < -0.3 is 4.74 Å². The van der Waals surface area contributed by atoms with Crippen molar-refractivity contribution in [1.82, 2.24) is 0 Å².